The summed E-state index contributed by atoms with van der Waals surface area (Å²) in [6.07, 6.45) is 4.86. The van der Waals surface area contributed by atoms with E-state index < -0.39 is 0 Å². The van der Waals surface area contributed by atoms with Crippen molar-refractivity contribution in [1.82, 2.24) is 15.2 Å². The summed E-state index contributed by atoms with van der Waals surface area (Å²) in [5.74, 6) is -0.662. The predicted octanol–water partition coefficient (Wildman–Crippen LogP) is 5.13. The van der Waals surface area contributed by atoms with Crippen LogP contribution in [0.1, 0.15) is 42.2 Å². The number of likely N-dealkylation sites (N-methyl/N-ethyl adjacent to an activating group) is 1. The molecule has 2 aromatic carbocycles. The van der Waals surface area contributed by atoms with E-state index in [1.54, 1.807) is 18.2 Å². The summed E-state index contributed by atoms with van der Waals surface area (Å²) in [6, 6.07) is 12.7. The van der Waals surface area contributed by atoms with Crippen LogP contribution in [0.15, 0.2) is 60.3 Å². The highest BCUT2D eigenvalue weighted by Gasteiger charge is 2.25. The molecule has 6 heteroatoms. The third kappa shape index (κ3) is 4.37. The number of nitrogens with zero attached hydrogens (tertiary/aromatic N) is 1. The first-order valence-corrected chi connectivity index (χ1v) is 10.3. The normalized spacial score (nSPS) is 16.4. The monoisotopic (exact) mass is 409 g/mol. The van der Waals surface area contributed by atoms with E-state index in [2.05, 4.69) is 16.4 Å². The average Bonchev–Trinajstić information content (AvgIpc) is 3.16. The Balaban J connectivity index is 1.49. The van der Waals surface area contributed by atoms with E-state index in [0.29, 0.717) is 24.2 Å². The van der Waals surface area contributed by atoms with E-state index in [-0.39, 0.29) is 23.6 Å². The summed E-state index contributed by atoms with van der Waals surface area (Å²) in [5, 5.41) is 4.07. The van der Waals surface area contributed by atoms with Gasteiger partial charge in [0.2, 0.25) is 0 Å². The van der Waals surface area contributed by atoms with Crippen molar-refractivity contribution >= 4 is 16.8 Å². The van der Waals surface area contributed by atoms with Crippen molar-refractivity contribution in [2.24, 2.45) is 0 Å². The molecule has 0 spiro atoms. The molecule has 0 saturated heterocycles. The van der Waals surface area contributed by atoms with Gasteiger partial charge in [0, 0.05) is 29.7 Å². The van der Waals surface area contributed by atoms with Crippen LogP contribution in [-0.4, -0.2) is 28.4 Å². The van der Waals surface area contributed by atoms with Crippen molar-refractivity contribution in [1.29, 1.82) is 0 Å². The lowest BCUT2D eigenvalue weighted by molar-refractivity contribution is 0.0706. The van der Waals surface area contributed by atoms with Gasteiger partial charge in [-0.2, -0.15) is 0 Å². The molecule has 4 nitrogen and oxygen atoms in total. The van der Waals surface area contributed by atoms with Gasteiger partial charge < -0.3 is 15.2 Å². The van der Waals surface area contributed by atoms with Gasteiger partial charge in [-0.05, 0) is 74.2 Å². The number of carbonyl (C=O) groups excluding carboxylic acids is 1. The van der Waals surface area contributed by atoms with Crippen LogP contribution < -0.4 is 5.32 Å². The summed E-state index contributed by atoms with van der Waals surface area (Å²) in [4.78, 5) is 18.1. The zero-order chi connectivity index (χ0) is 21.1. The minimum absolute atomic E-state index is 0.0191. The summed E-state index contributed by atoms with van der Waals surface area (Å²) >= 11 is 0. The van der Waals surface area contributed by atoms with E-state index in [4.69, 9.17) is 0 Å². The molecule has 0 aliphatic heterocycles. The number of fused-ring (bicyclic) bond motifs is 1. The lowest BCUT2D eigenvalue weighted by Crippen LogP contribution is -2.41. The van der Waals surface area contributed by atoms with Gasteiger partial charge in [-0.15, -0.1) is 0 Å². The standard InChI is InChI=1S/C24H25F2N3O/c1-2-29(24(30)23-13-17-12-19(26)9-10-22(17)28-23)21-8-4-7-20(14-21)27-15-16-5-3-6-18(25)11-16/h3,5-6,9-14,21,27-28H,2,4,7-8,15H2,1H3/t21-/m0/s1. The molecule has 2 N–H and O–H groups in total. The van der Waals surface area contributed by atoms with Gasteiger partial charge in [0.25, 0.3) is 5.91 Å². The molecule has 0 fully saturated rings. The van der Waals surface area contributed by atoms with Crippen LogP contribution in [0.3, 0.4) is 0 Å². The second-order valence-corrected chi connectivity index (χ2v) is 7.64. The molecule has 0 radical (unpaired) electrons. The Morgan fingerprint density at radius 1 is 1.17 bits per heavy atom. The molecule has 4 rings (SSSR count). The number of aromatic nitrogens is 1. The molecular formula is C24H25F2N3O. The minimum Gasteiger partial charge on any atom is -0.384 e. The molecule has 3 aromatic rings. The van der Waals surface area contributed by atoms with E-state index in [1.165, 1.54) is 24.3 Å². The van der Waals surface area contributed by atoms with Crippen LogP contribution in [-0.2, 0) is 6.54 Å². The highest BCUT2D eigenvalue weighted by molar-refractivity contribution is 5.98. The lowest BCUT2D eigenvalue weighted by atomic mass is 9.98. The molecular weight excluding hydrogens is 384 g/mol. The Kier molecular flexibility index (Phi) is 5.84. The second-order valence-electron chi connectivity index (χ2n) is 7.64. The number of nitrogens with one attached hydrogen (secondary N) is 2. The van der Waals surface area contributed by atoms with Gasteiger partial charge in [-0.25, -0.2) is 8.78 Å². The smallest absolute Gasteiger partial charge is 0.270 e. The number of aromatic amines is 1. The van der Waals surface area contributed by atoms with Crippen LogP contribution in [0, 0.1) is 11.6 Å². The maximum atomic E-state index is 13.5. The van der Waals surface area contributed by atoms with Crippen molar-refractivity contribution in [3.8, 4) is 0 Å². The molecule has 0 saturated carbocycles. The van der Waals surface area contributed by atoms with Crippen LogP contribution in [0.25, 0.3) is 10.9 Å². The number of hydrogen-bond donors (Lipinski definition) is 2. The first kappa shape index (κ1) is 20.1. The number of halogens is 2. The average molecular weight is 409 g/mol. The Hall–Kier alpha value is -3.15. The van der Waals surface area contributed by atoms with Crippen molar-refractivity contribution in [3.05, 3.63) is 83.2 Å². The van der Waals surface area contributed by atoms with Crippen LogP contribution in [0.5, 0.6) is 0 Å². The zero-order valence-corrected chi connectivity index (χ0v) is 16.9. The Morgan fingerprint density at radius 3 is 2.80 bits per heavy atom. The summed E-state index contributed by atoms with van der Waals surface area (Å²) in [5.41, 5.74) is 3.16. The number of carbonyl (C=O) groups is 1. The molecule has 156 valence electrons. The highest BCUT2D eigenvalue weighted by atomic mass is 19.1. The molecule has 1 atom stereocenters. The number of benzene rings is 2. The third-order valence-corrected chi connectivity index (χ3v) is 5.56. The fourth-order valence-corrected chi connectivity index (χ4v) is 4.06. The molecule has 1 aromatic heterocycles. The fraction of sp³-hybridized carbons (Fsp3) is 0.292. The first-order valence-electron chi connectivity index (χ1n) is 10.3. The molecule has 0 bridgehead atoms. The van der Waals surface area contributed by atoms with E-state index in [9.17, 15) is 13.6 Å². The van der Waals surface area contributed by atoms with E-state index in [1.807, 2.05) is 17.9 Å². The molecule has 1 heterocycles. The molecule has 0 unspecified atom stereocenters. The van der Waals surface area contributed by atoms with Crippen LogP contribution in [0.4, 0.5) is 8.78 Å². The third-order valence-electron chi connectivity index (χ3n) is 5.56. The zero-order valence-electron chi connectivity index (χ0n) is 16.9. The second kappa shape index (κ2) is 8.69. The summed E-state index contributed by atoms with van der Waals surface area (Å²) in [7, 11) is 0. The van der Waals surface area contributed by atoms with E-state index >= 15 is 0 Å². The van der Waals surface area contributed by atoms with Gasteiger partial charge in [0.05, 0.1) is 6.04 Å². The van der Waals surface area contributed by atoms with Gasteiger partial charge >= 0.3 is 0 Å². The molecule has 1 aliphatic rings. The molecule has 1 aliphatic carbocycles. The Bertz CT molecular complexity index is 1090. The fourth-order valence-electron chi connectivity index (χ4n) is 4.06. The maximum Gasteiger partial charge on any atom is 0.270 e. The summed E-state index contributed by atoms with van der Waals surface area (Å²) in [6.45, 7) is 3.08. The van der Waals surface area contributed by atoms with Crippen molar-refractivity contribution in [2.75, 3.05) is 6.54 Å². The number of allylic oxidation sites excluding steroid dienone is 1. The first-order chi connectivity index (χ1) is 14.5. The van der Waals surface area contributed by atoms with Crippen LogP contribution >= 0.6 is 0 Å². The SMILES string of the molecule is CCN(C(=O)c1cc2cc(F)ccc2[nH]1)[C@@H]1C=C(NCc2cccc(F)c2)CCC1. The van der Waals surface area contributed by atoms with Gasteiger partial charge in [0.15, 0.2) is 0 Å². The van der Waals surface area contributed by atoms with Crippen LogP contribution in [0.2, 0.25) is 0 Å². The number of H-pyrrole nitrogens is 1. The molecule has 30 heavy (non-hydrogen) atoms. The van der Waals surface area contributed by atoms with Gasteiger partial charge in [0.1, 0.15) is 17.3 Å². The largest absolute Gasteiger partial charge is 0.384 e. The molecule has 1 amide bonds. The Labute approximate surface area is 174 Å². The number of amides is 1. The summed E-state index contributed by atoms with van der Waals surface area (Å²) < 4.78 is 26.9. The van der Waals surface area contributed by atoms with E-state index in [0.717, 1.165) is 36.0 Å². The van der Waals surface area contributed by atoms with Gasteiger partial charge in [-0.1, -0.05) is 12.1 Å². The number of hydrogen-bond acceptors (Lipinski definition) is 2. The quantitative estimate of drug-likeness (QED) is 0.593. The highest BCUT2D eigenvalue weighted by Crippen LogP contribution is 2.24. The predicted molar refractivity (Wildman–Crippen MR) is 114 cm³/mol. The van der Waals surface area contributed by atoms with Crippen molar-refractivity contribution in [3.63, 3.8) is 0 Å². The van der Waals surface area contributed by atoms with Gasteiger partial charge in [-0.3, -0.25) is 4.79 Å². The minimum atomic E-state index is -0.322. The van der Waals surface area contributed by atoms with Crippen molar-refractivity contribution < 1.29 is 13.6 Å². The Morgan fingerprint density at radius 2 is 2.00 bits per heavy atom. The maximum absolute atomic E-state index is 13.5. The van der Waals surface area contributed by atoms with Crippen molar-refractivity contribution in [2.45, 2.75) is 38.8 Å². The topological polar surface area (TPSA) is 48.1 Å². The lowest BCUT2D eigenvalue weighted by Gasteiger charge is -2.32. The number of rotatable bonds is 6.